The van der Waals surface area contributed by atoms with Gasteiger partial charge in [0.15, 0.2) is 12.4 Å². The fourth-order valence-electron chi connectivity index (χ4n) is 4.05. The highest BCUT2D eigenvalue weighted by molar-refractivity contribution is 8.00. The molecule has 4 rings (SSSR count). The molecule has 0 radical (unpaired) electrons. The molecule has 3 N–H and O–H groups in total. The maximum Gasteiger partial charge on any atom is 0.446 e. The van der Waals surface area contributed by atoms with Crippen molar-refractivity contribution in [3.05, 3.63) is 71.3 Å². The molecule has 0 fully saturated rings. The van der Waals surface area contributed by atoms with Gasteiger partial charge in [0.05, 0.1) is 16.4 Å². The van der Waals surface area contributed by atoms with E-state index in [1.54, 1.807) is 36.4 Å². The Labute approximate surface area is 207 Å². The average molecular weight is 519 g/mol. The standard InChI is InChI=1S/C25H21F3N2O5S/c1-2-14-10-19-23(20(11-14)35-34-13-21(31)32)22-17(24(29)33)4-3-5-18(22)30(19)12-15-6-8-16(9-7-15)36-25(26,27)28/h3-11H,2,12-13H2,1H3,(H2,29,33)(H,31,32). The van der Waals surface area contributed by atoms with E-state index in [4.69, 9.17) is 20.6 Å². The molecule has 1 heterocycles. The van der Waals surface area contributed by atoms with Crippen LogP contribution in [0.5, 0.6) is 5.75 Å². The average Bonchev–Trinajstić information content (AvgIpc) is 3.12. The molecule has 1 amide bonds. The number of hydrogen-bond donors (Lipinski definition) is 2. The van der Waals surface area contributed by atoms with Crippen molar-refractivity contribution in [3.63, 3.8) is 0 Å². The molecule has 7 nitrogen and oxygen atoms in total. The van der Waals surface area contributed by atoms with Crippen molar-refractivity contribution in [2.75, 3.05) is 6.61 Å². The molecule has 11 heteroatoms. The largest absolute Gasteiger partial charge is 0.479 e. The third kappa shape index (κ3) is 5.42. The van der Waals surface area contributed by atoms with Crippen LogP contribution in [0.4, 0.5) is 13.2 Å². The first-order valence-corrected chi connectivity index (χ1v) is 11.6. The second kappa shape index (κ2) is 10.1. The predicted octanol–water partition coefficient (Wildman–Crippen LogP) is 5.51. The van der Waals surface area contributed by atoms with Crippen molar-refractivity contribution in [1.82, 2.24) is 4.57 Å². The number of thioether (sulfide) groups is 1. The number of rotatable bonds is 9. The van der Waals surface area contributed by atoms with Gasteiger partial charge in [-0.3, -0.25) is 4.79 Å². The molecule has 4 aromatic rings. The maximum absolute atomic E-state index is 12.7. The Kier molecular flexibility index (Phi) is 7.14. The lowest BCUT2D eigenvalue weighted by Gasteiger charge is -2.11. The number of halogens is 3. The van der Waals surface area contributed by atoms with Crippen LogP contribution in [0.3, 0.4) is 0 Å². The number of alkyl halides is 3. The molecule has 188 valence electrons. The fraction of sp³-hybridized carbons (Fsp3) is 0.200. The molecule has 36 heavy (non-hydrogen) atoms. The molecule has 0 saturated carbocycles. The van der Waals surface area contributed by atoms with Crippen LogP contribution < -0.4 is 10.6 Å². The van der Waals surface area contributed by atoms with E-state index in [-0.39, 0.29) is 34.5 Å². The van der Waals surface area contributed by atoms with Crippen molar-refractivity contribution < 1.29 is 37.6 Å². The summed E-state index contributed by atoms with van der Waals surface area (Å²) in [5, 5.41) is 9.92. The van der Waals surface area contributed by atoms with E-state index in [0.717, 1.165) is 11.1 Å². The number of benzene rings is 3. The number of aromatic nitrogens is 1. The van der Waals surface area contributed by atoms with Gasteiger partial charge in [-0.15, -0.1) is 0 Å². The second-order valence-electron chi connectivity index (χ2n) is 7.92. The van der Waals surface area contributed by atoms with Crippen LogP contribution in [0, 0.1) is 0 Å². The number of nitrogens with two attached hydrogens (primary N) is 1. The smallest absolute Gasteiger partial charge is 0.446 e. The number of carbonyl (C=O) groups is 2. The number of carbonyl (C=O) groups excluding carboxylic acids is 1. The molecular weight excluding hydrogens is 497 g/mol. The van der Waals surface area contributed by atoms with Gasteiger partial charge in [0.2, 0.25) is 5.91 Å². The highest BCUT2D eigenvalue weighted by atomic mass is 32.2. The quantitative estimate of drug-likeness (QED) is 0.172. The predicted molar refractivity (Wildman–Crippen MR) is 129 cm³/mol. The van der Waals surface area contributed by atoms with Crippen LogP contribution in [0.2, 0.25) is 0 Å². The summed E-state index contributed by atoms with van der Waals surface area (Å²) in [4.78, 5) is 33.5. The summed E-state index contributed by atoms with van der Waals surface area (Å²) in [6, 6.07) is 14.7. The number of aryl methyl sites for hydroxylation is 1. The Hall–Kier alpha value is -3.70. The first-order valence-electron chi connectivity index (χ1n) is 10.8. The molecule has 0 unspecified atom stereocenters. The molecule has 0 bridgehead atoms. The summed E-state index contributed by atoms with van der Waals surface area (Å²) < 4.78 is 40.0. The van der Waals surface area contributed by atoms with Gasteiger partial charge in [0.25, 0.3) is 0 Å². The minimum atomic E-state index is -4.38. The number of carboxylic acids is 1. The molecular formula is C25H21F3N2O5S. The van der Waals surface area contributed by atoms with Gasteiger partial charge in [-0.25, -0.2) is 4.79 Å². The Bertz CT molecular complexity index is 1450. The molecule has 1 aromatic heterocycles. The van der Waals surface area contributed by atoms with Crippen LogP contribution in [-0.4, -0.2) is 33.7 Å². The summed E-state index contributed by atoms with van der Waals surface area (Å²) in [7, 11) is 0. The van der Waals surface area contributed by atoms with Crippen LogP contribution >= 0.6 is 11.8 Å². The summed E-state index contributed by atoms with van der Waals surface area (Å²) in [5.74, 6) is -1.66. The third-order valence-corrected chi connectivity index (χ3v) is 6.26. The highest BCUT2D eigenvalue weighted by Crippen LogP contribution is 2.40. The van der Waals surface area contributed by atoms with Gasteiger partial charge >= 0.3 is 11.5 Å². The fourth-order valence-corrected chi connectivity index (χ4v) is 4.59. The normalized spacial score (nSPS) is 11.8. The third-order valence-electron chi connectivity index (χ3n) is 5.52. The Morgan fingerprint density at radius 3 is 2.36 bits per heavy atom. The van der Waals surface area contributed by atoms with Gasteiger partial charge < -0.3 is 20.3 Å². The van der Waals surface area contributed by atoms with Gasteiger partial charge in [-0.2, -0.15) is 18.1 Å². The van der Waals surface area contributed by atoms with Crippen LogP contribution in [-0.2, 0) is 22.6 Å². The summed E-state index contributed by atoms with van der Waals surface area (Å²) in [5.41, 5.74) is 4.41. The lowest BCUT2D eigenvalue weighted by molar-refractivity contribution is -0.212. The highest BCUT2D eigenvalue weighted by Gasteiger charge is 2.29. The van der Waals surface area contributed by atoms with Crippen molar-refractivity contribution in [2.45, 2.75) is 30.3 Å². The van der Waals surface area contributed by atoms with E-state index < -0.39 is 24.0 Å². The van der Waals surface area contributed by atoms with Crippen molar-refractivity contribution in [3.8, 4) is 5.75 Å². The number of aliphatic carboxylic acids is 1. The number of amides is 1. The lowest BCUT2D eigenvalue weighted by Crippen LogP contribution is -2.11. The van der Waals surface area contributed by atoms with E-state index in [1.165, 1.54) is 12.1 Å². The Balaban J connectivity index is 1.89. The van der Waals surface area contributed by atoms with E-state index in [9.17, 15) is 22.8 Å². The first kappa shape index (κ1) is 25.4. The lowest BCUT2D eigenvalue weighted by atomic mass is 10.0. The Morgan fingerprint density at radius 2 is 1.75 bits per heavy atom. The minimum absolute atomic E-state index is 0.0732. The molecule has 0 aliphatic carbocycles. The molecule has 0 aliphatic heterocycles. The maximum atomic E-state index is 12.7. The van der Waals surface area contributed by atoms with Gasteiger partial charge in [0.1, 0.15) is 0 Å². The van der Waals surface area contributed by atoms with E-state index in [1.807, 2.05) is 17.6 Å². The second-order valence-corrected chi connectivity index (χ2v) is 9.06. The van der Waals surface area contributed by atoms with Crippen LogP contribution in [0.25, 0.3) is 21.8 Å². The van der Waals surface area contributed by atoms with Gasteiger partial charge in [-0.1, -0.05) is 25.1 Å². The molecule has 0 atom stereocenters. The first-order chi connectivity index (χ1) is 17.1. The zero-order valence-electron chi connectivity index (χ0n) is 19.0. The number of carboxylic acid groups (broad SMARTS) is 1. The zero-order valence-corrected chi connectivity index (χ0v) is 19.8. The number of primary amides is 1. The molecule has 0 spiro atoms. The van der Waals surface area contributed by atoms with E-state index in [2.05, 4.69) is 0 Å². The monoisotopic (exact) mass is 518 g/mol. The van der Waals surface area contributed by atoms with Crippen LogP contribution in [0.15, 0.2) is 59.5 Å². The summed E-state index contributed by atoms with van der Waals surface area (Å²) in [6.45, 7) is 1.52. The van der Waals surface area contributed by atoms with Gasteiger partial charge in [0, 0.05) is 22.4 Å². The number of fused-ring (bicyclic) bond motifs is 3. The number of nitrogens with zero attached hydrogens (tertiary/aromatic N) is 1. The van der Waals surface area contributed by atoms with Crippen molar-refractivity contribution in [2.24, 2.45) is 5.73 Å². The molecule has 3 aromatic carbocycles. The van der Waals surface area contributed by atoms with Crippen molar-refractivity contribution >= 4 is 45.4 Å². The van der Waals surface area contributed by atoms with Gasteiger partial charge in [-0.05, 0) is 65.7 Å². The van der Waals surface area contributed by atoms with Crippen molar-refractivity contribution in [1.29, 1.82) is 0 Å². The zero-order chi connectivity index (χ0) is 26.0. The SMILES string of the molecule is CCc1cc(OOCC(=O)O)c2c3c(C(N)=O)cccc3n(Cc3ccc(SC(F)(F)F)cc3)c2c1. The Morgan fingerprint density at radius 1 is 1.03 bits per heavy atom. The number of hydrogen-bond acceptors (Lipinski definition) is 5. The topological polar surface area (TPSA) is 104 Å². The van der Waals surface area contributed by atoms with E-state index >= 15 is 0 Å². The summed E-state index contributed by atoms with van der Waals surface area (Å²) >= 11 is -0.186. The van der Waals surface area contributed by atoms with Crippen LogP contribution in [0.1, 0.15) is 28.4 Å². The summed E-state index contributed by atoms with van der Waals surface area (Å²) in [6.07, 6.45) is 0.624. The van der Waals surface area contributed by atoms with E-state index in [0.29, 0.717) is 28.2 Å². The minimum Gasteiger partial charge on any atom is -0.479 e. The molecule has 0 aliphatic rings. The molecule has 0 saturated heterocycles.